The van der Waals surface area contributed by atoms with E-state index >= 15 is 0 Å². The van der Waals surface area contributed by atoms with Crippen LogP contribution in [-0.4, -0.2) is 52.5 Å². The molecule has 0 amide bonds. The zero-order valence-electron chi connectivity index (χ0n) is 12.2. The van der Waals surface area contributed by atoms with Gasteiger partial charge in [0, 0.05) is 19.7 Å². The molecule has 21 heavy (non-hydrogen) atoms. The summed E-state index contributed by atoms with van der Waals surface area (Å²) in [5.41, 5.74) is -0.226. The molecular weight excluding hydrogens is 316 g/mol. The van der Waals surface area contributed by atoms with Gasteiger partial charge in [-0.05, 0) is 33.5 Å². The molecule has 10 heteroatoms. The first-order valence-electron chi connectivity index (χ1n) is 6.38. The van der Waals surface area contributed by atoms with Gasteiger partial charge in [0.25, 0.3) is 0 Å². The molecule has 1 aromatic heterocycles. The molecule has 0 unspecified atom stereocenters. The third kappa shape index (κ3) is 5.23. The van der Waals surface area contributed by atoms with Crippen LogP contribution in [0.5, 0.6) is 0 Å². The maximum atomic E-state index is 12.1. The van der Waals surface area contributed by atoms with Gasteiger partial charge in [0.15, 0.2) is 5.00 Å². The van der Waals surface area contributed by atoms with Gasteiger partial charge >= 0.3 is 5.69 Å². The molecule has 0 radical (unpaired) electrons. The van der Waals surface area contributed by atoms with E-state index in [0.29, 0.717) is 13.0 Å². The molecule has 0 aromatic carbocycles. The lowest BCUT2D eigenvalue weighted by atomic mass is 10.3. The molecule has 0 spiro atoms. The number of unbranched alkanes of at least 4 members (excludes halogenated alkanes) is 1. The molecule has 8 nitrogen and oxygen atoms in total. The van der Waals surface area contributed by atoms with Crippen molar-refractivity contribution in [1.82, 2.24) is 9.62 Å². The lowest BCUT2D eigenvalue weighted by Gasteiger charge is -2.09. The number of rotatable bonds is 9. The van der Waals surface area contributed by atoms with Crippen molar-refractivity contribution in [2.45, 2.75) is 17.1 Å². The van der Waals surface area contributed by atoms with Gasteiger partial charge < -0.3 is 10.2 Å². The van der Waals surface area contributed by atoms with E-state index in [1.807, 2.05) is 19.0 Å². The van der Waals surface area contributed by atoms with Crippen LogP contribution in [0.1, 0.15) is 12.8 Å². The normalized spacial score (nSPS) is 11.8. The zero-order valence-corrected chi connectivity index (χ0v) is 13.9. The minimum absolute atomic E-state index is 0.0499. The predicted octanol–water partition coefficient (Wildman–Crippen LogP) is 1.32. The van der Waals surface area contributed by atoms with Crippen molar-refractivity contribution in [2.24, 2.45) is 0 Å². The lowest BCUT2D eigenvalue weighted by molar-refractivity contribution is -0.383. The van der Waals surface area contributed by atoms with E-state index in [9.17, 15) is 18.5 Å². The summed E-state index contributed by atoms with van der Waals surface area (Å²) in [6, 6.07) is 1.08. The number of anilines is 1. The highest BCUT2D eigenvalue weighted by Gasteiger charge is 2.25. The van der Waals surface area contributed by atoms with Crippen LogP contribution in [-0.2, 0) is 10.0 Å². The SMILES string of the molecule is CNc1sc(S(=O)(=O)NCCCCN(C)C)cc1[N+](=O)[O-]. The number of nitrogens with zero attached hydrogens (tertiary/aromatic N) is 2. The number of thiophene rings is 1. The summed E-state index contributed by atoms with van der Waals surface area (Å²) in [5.74, 6) is 0. The van der Waals surface area contributed by atoms with Gasteiger partial charge in [0.2, 0.25) is 10.0 Å². The van der Waals surface area contributed by atoms with Gasteiger partial charge in [-0.25, -0.2) is 13.1 Å². The van der Waals surface area contributed by atoms with Crippen LogP contribution in [0.2, 0.25) is 0 Å². The van der Waals surface area contributed by atoms with Gasteiger partial charge in [-0.2, -0.15) is 0 Å². The number of sulfonamides is 1. The van der Waals surface area contributed by atoms with Crippen molar-refractivity contribution in [2.75, 3.05) is 39.5 Å². The molecule has 0 aliphatic rings. The maximum absolute atomic E-state index is 12.1. The first-order valence-corrected chi connectivity index (χ1v) is 8.68. The standard InChI is InChI=1S/C11H20N4O4S2/c1-12-11-9(15(16)17)8-10(20-11)21(18,19)13-6-4-5-7-14(2)3/h8,12-13H,4-7H2,1-3H3. The van der Waals surface area contributed by atoms with Gasteiger partial charge in [-0.15, -0.1) is 0 Å². The van der Waals surface area contributed by atoms with Crippen molar-refractivity contribution < 1.29 is 13.3 Å². The number of nitro groups is 1. The van der Waals surface area contributed by atoms with Crippen molar-refractivity contribution >= 4 is 32.0 Å². The molecule has 1 heterocycles. The largest absolute Gasteiger partial charge is 0.374 e. The van der Waals surface area contributed by atoms with E-state index in [-0.39, 0.29) is 14.9 Å². The van der Waals surface area contributed by atoms with Crippen molar-refractivity contribution in [3.05, 3.63) is 16.2 Å². The monoisotopic (exact) mass is 336 g/mol. The van der Waals surface area contributed by atoms with E-state index in [0.717, 1.165) is 30.4 Å². The second-order valence-corrected chi connectivity index (χ2v) is 7.74. The second kappa shape index (κ2) is 7.69. The summed E-state index contributed by atoms with van der Waals surface area (Å²) in [5, 5.41) is 13.7. The Hall–Kier alpha value is -1.23. The molecule has 2 N–H and O–H groups in total. The summed E-state index contributed by atoms with van der Waals surface area (Å²) >= 11 is 0.852. The Kier molecular flexibility index (Phi) is 6.52. The summed E-state index contributed by atoms with van der Waals surface area (Å²) in [4.78, 5) is 12.3. The maximum Gasteiger partial charge on any atom is 0.304 e. The molecule has 1 aromatic rings. The lowest BCUT2D eigenvalue weighted by Crippen LogP contribution is -2.24. The average molecular weight is 336 g/mol. The van der Waals surface area contributed by atoms with Crippen molar-refractivity contribution in [3.63, 3.8) is 0 Å². The van der Waals surface area contributed by atoms with Gasteiger partial charge in [0.05, 0.1) is 4.92 Å². The predicted molar refractivity (Wildman–Crippen MR) is 83.5 cm³/mol. The van der Waals surface area contributed by atoms with Crippen LogP contribution in [0.15, 0.2) is 10.3 Å². The molecule has 0 saturated carbocycles. The molecule has 120 valence electrons. The van der Waals surface area contributed by atoms with Gasteiger partial charge in [0.1, 0.15) is 4.21 Å². The van der Waals surface area contributed by atoms with Crippen molar-refractivity contribution in [1.29, 1.82) is 0 Å². The molecule has 0 aliphatic heterocycles. The smallest absolute Gasteiger partial charge is 0.304 e. The first kappa shape index (κ1) is 17.8. The molecular formula is C11H20N4O4S2. The van der Waals surface area contributed by atoms with Crippen LogP contribution in [0.25, 0.3) is 0 Å². The quantitative estimate of drug-likeness (QED) is 0.400. The Morgan fingerprint density at radius 2 is 2.05 bits per heavy atom. The minimum atomic E-state index is -3.70. The Morgan fingerprint density at radius 3 is 2.52 bits per heavy atom. The van der Waals surface area contributed by atoms with Crippen molar-refractivity contribution in [3.8, 4) is 0 Å². The summed E-state index contributed by atoms with van der Waals surface area (Å²) in [7, 11) is 1.73. The molecule has 0 atom stereocenters. The van der Waals surface area contributed by atoms with E-state index in [4.69, 9.17) is 0 Å². The fourth-order valence-corrected chi connectivity index (χ4v) is 4.04. The summed E-state index contributed by atoms with van der Waals surface area (Å²) in [6.45, 7) is 1.20. The first-order chi connectivity index (χ1) is 9.77. The van der Waals surface area contributed by atoms with Gasteiger partial charge in [-0.3, -0.25) is 10.1 Å². The molecule has 0 aliphatic carbocycles. The second-order valence-electron chi connectivity index (χ2n) is 4.70. The Balaban J connectivity index is 2.68. The van der Waals surface area contributed by atoms with Crippen LogP contribution < -0.4 is 10.0 Å². The fourth-order valence-electron chi connectivity index (χ4n) is 1.64. The summed E-state index contributed by atoms with van der Waals surface area (Å²) in [6.07, 6.45) is 1.59. The average Bonchev–Trinajstić information content (AvgIpc) is 2.82. The zero-order chi connectivity index (χ0) is 16.0. The van der Waals surface area contributed by atoms with Crippen LogP contribution in [0.3, 0.4) is 0 Å². The van der Waals surface area contributed by atoms with Crippen LogP contribution >= 0.6 is 11.3 Å². The molecule has 0 fully saturated rings. The third-order valence-electron chi connectivity index (χ3n) is 2.70. The Bertz CT molecular complexity index is 583. The topological polar surface area (TPSA) is 105 Å². The molecule has 0 bridgehead atoms. The highest BCUT2D eigenvalue weighted by molar-refractivity contribution is 7.91. The van der Waals surface area contributed by atoms with E-state index in [1.165, 1.54) is 7.05 Å². The number of hydrogen-bond acceptors (Lipinski definition) is 7. The van der Waals surface area contributed by atoms with Crippen LogP contribution in [0, 0.1) is 10.1 Å². The molecule has 1 rings (SSSR count). The van der Waals surface area contributed by atoms with Gasteiger partial charge in [-0.1, -0.05) is 11.3 Å². The highest BCUT2D eigenvalue weighted by Crippen LogP contribution is 2.36. The van der Waals surface area contributed by atoms with E-state index in [2.05, 4.69) is 10.0 Å². The summed E-state index contributed by atoms with van der Waals surface area (Å²) < 4.78 is 26.6. The number of nitrogens with one attached hydrogen (secondary N) is 2. The van der Waals surface area contributed by atoms with E-state index in [1.54, 1.807) is 0 Å². The Labute approximate surface area is 128 Å². The van der Waals surface area contributed by atoms with Crippen LogP contribution in [0.4, 0.5) is 10.7 Å². The Morgan fingerprint density at radius 1 is 1.38 bits per heavy atom. The highest BCUT2D eigenvalue weighted by atomic mass is 32.2. The fraction of sp³-hybridized carbons (Fsp3) is 0.636. The minimum Gasteiger partial charge on any atom is -0.374 e. The third-order valence-corrected chi connectivity index (χ3v) is 5.78. The van der Waals surface area contributed by atoms with E-state index < -0.39 is 14.9 Å². The number of hydrogen-bond donors (Lipinski definition) is 2. The molecule has 0 saturated heterocycles.